The first kappa shape index (κ1) is 12.2. The van der Waals surface area contributed by atoms with E-state index in [0.717, 1.165) is 31.3 Å². The molecule has 4 heteroatoms. The predicted molar refractivity (Wildman–Crippen MR) is 68.8 cm³/mol. The van der Waals surface area contributed by atoms with Crippen LogP contribution in [-0.4, -0.2) is 30.8 Å². The van der Waals surface area contributed by atoms with Gasteiger partial charge in [0.25, 0.3) is 0 Å². The summed E-state index contributed by atoms with van der Waals surface area (Å²) >= 11 is 4.30. The standard InChI is InChI=1S/C12H22N2OS/c15-11(8-12(9-16)4-5-12)14-7-1-6-13-10-2-3-10/h10,13,16H,1-9H2,(H,14,15). The summed E-state index contributed by atoms with van der Waals surface area (Å²) in [6.07, 6.45) is 6.72. The smallest absolute Gasteiger partial charge is 0.220 e. The molecule has 92 valence electrons. The molecule has 2 fully saturated rings. The van der Waals surface area contributed by atoms with Gasteiger partial charge in [0.2, 0.25) is 5.91 Å². The lowest BCUT2D eigenvalue weighted by molar-refractivity contribution is -0.122. The van der Waals surface area contributed by atoms with Crippen molar-refractivity contribution in [3.8, 4) is 0 Å². The van der Waals surface area contributed by atoms with Crippen LogP contribution in [0.1, 0.15) is 38.5 Å². The molecule has 2 aliphatic rings. The number of amides is 1. The van der Waals surface area contributed by atoms with Crippen molar-refractivity contribution in [3.63, 3.8) is 0 Å². The maximum atomic E-state index is 11.6. The number of carbonyl (C=O) groups is 1. The highest BCUT2D eigenvalue weighted by Gasteiger charge is 2.42. The summed E-state index contributed by atoms with van der Waals surface area (Å²) in [4.78, 5) is 11.6. The van der Waals surface area contributed by atoms with Crippen molar-refractivity contribution >= 4 is 18.5 Å². The van der Waals surface area contributed by atoms with Gasteiger partial charge in [-0.05, 0) is 49.8 Å². The van der Waals surface area contributed by atoms with Gasteiger partial charge in [0.05, 0.1) is 0 Å². The molecule has 0 saturated heterocycles. The minimum absolute atomic E-state index is 0.206. The van der Waals surface area contributed by atoms with Crippen molar-refractivity contribution in [2.24, 2.45) is 5.41 Å². The fourth-order valence-electron chi connectivity index (χ4n) is 1.88. The topological polar surface area (TPSA) is 41.1 Å². The highest BCUT2D eigenvalue weighted by atomic mass is 32.1. The summed E-state index contributed by atoms with van der Waals surface area (Å²) in [5.41, 5.74) is 0.249. The van der Waals surface area contributed by atoms with Crippen molar-refractivity contribution in [2.45, 2.75) is 44.6 Å². The molecule has 1 amide bonds. The van der Waals surface area contributed by atoms with Gasteiger partial charge in [-0.2, -0.15) is 12.6 Å². The van der Waals surface area contributed by atoms with Crippen LogP contribution in [0.25, 0.3) is 0 Å². The molecule has 3 nitrogen and oxygen atoms in total. The zero-order valence-corrected chi connectivity index (χ0v) is 10.7. The van der Waals surface area contributed by atoms with Crippen LogP contribution in [0.5, 0.6) is 0 Å². The Morgan fingerprint density at radius 2 is 2.06 bits per heavy atom. The van der Waals surface area contributed by atoms with Crippen molar-refractivity contribution < 1.29 is 4.79 Å². The van der Waals surface area contributed by atoms with E-state index in [0.29, 0.717) is 6.42 Å². The second-order valence-corrected chi connectivity index (χ2v) is 5.58. The number of nitrogens with one attached hydrogen (secondary N) is 2. The first-order chi connectivity index (χ1) is 7.74. The summed E-state index contributed by atoms with van der Waals surface area (Å²) in [6.45, 7) is 1.84. The lowest BCUT2D eigenvalue weighted by Crippen LogP contribution is -2.29. The molecule has 2 rings (SSSR count). The van der Waals surface area contributed by atoms with Crippen molar-refractivity contribution in [2.75, 3.05) is 18.8 Å². The van der Waals surface area contributed by atoms with E-state index < -0.39 is 0 Å². The number of hydrogen-bond acceptors (Lipinski definition) is 3. The monoisotopic (exact) mass is 242 g/mol. The first-order valence-electron chi connectivity index (χ1n) is 6.35. The Labute approximate surface area is 103 Å². The van der Waals surface area contributed by atoms with E-state index in [4.69, 9.17) is 0 Å². The van der Waals surface area contributed by atoms with Crippen LogP contribution in [0.2, 0.25) is 0 Å². The SMILES string of the molecule is O=C(CC1(CS)CC1)NCCCNC1CC1. The van der Waals surface area contributed by atoms with Crippen LogP contribution < -0.4 is 10.6 Å². The zero-order valence-electron chi connectivity index (χ0n) is 9.80. The molecule has 2 saturated carbocycles. The molecule has 0 heterocycles. The Kier molecular flexibility index (Phi) is 4.14. The van der Waals surface area contributed by atoms with Crippen LogP contribution in [0.15, 0.2) is 0 Å². The van der Waals surface area contributed by atoms with Crippen molar-refractivity contribution in [3.05, 3.63) is 0 Å². The largest absolute Gasteiger partial charge is 0.356 e. The van der Waals surface area contributed by atoms with Crippen LogP contribution in [0, 0.1) is 5.41 Å². The van der Waals surface area contributed by atoms with Gasteiger partial charge in [0.1, 0.15) is 0 Å². The fourth-order valence-corrected chi connectivity index (χ4v) is 2.31. The molecule has 0 atom stereocenters. The summed E-state index contributed by atoms with van der Waals surface area (Å²) < 4.78 is 0. The summed E-state index contributed by atoms with van der Waals surface area (Å²) in [6, 6.07) is 0.773. The highest BCUT2D eigenvalue weighted by Crippen LogP contribution is 2.49. The van der Waals surface area contributed by atoms with Gasteiger partial charge in [-0.15, -0.1) is 0 Å². The van der Waals surface area contributed by atoms with E-state index >= 15 is 0 Å². The Hall–Kier alpha value is -0.220. The number of carbonyl (C=O) groups excluding carboxylic acids is 1. The molecule has 0 aromatic carbocycles. The molecule has 0 aromatic rings. The van der Waals surface area contributed by atoms with Gasteiger partial charge < -0.3 is 10.6 Å². The quantitative estimate of drug-likeness (QED) is 0.444. The van der Waals surface area contributed by atoms with Gasteiger partial charge >= 0.3 is 0 Å². The third kappa shape index (κ3) is 3.98. The van der Waals surface area contributed by atoms with Gasteiger partial charge in [0.15, 0.2) is 0 Å². The van der Waals surface area contributed by atoms with Crippen LogP contribution in [-0.2, 0) is 4.79 Å². The molecule has 2 aliphatic carbocycles. The van der Waals surface area contributed by atoms with Crippen LogP contribution in [0.4, 0.5) is 0 Å². The maximum Gasteiger partial charge on any atom is 0.220 e. The summed E-state index contributed by atoms with van der Waals surface area (Å²) in [5, 5.41) is 6.43. The van der Waals surface area contributed by atoms with Crippen molar-refractivity contribution in [1.29, 1.82) is 0 Å². The van der Waals surface area contributed by atoms with E-state index in [2.05, 4.69) is 23.3 Å². The molecule has 0 aliphatic heterocycles. The second-order valence-electron chi connectivity index (χ2n) is 5.27. The average molecular weight is 242 g/mol. The lowest BCUT2D eigenvalue weighted by atomic mass is 10.1. The normalized spacial score (nSPS) is 21.8. The summed E-state index contributed by atoms with van der Waals surface area (Å²) in [5.74, 6) is 1.06. The minimum Gasteiger partial charge on any atom is -0.356 e. The molecule has 0 unspecified atom stereocenters. The molecule has 2 N–H and O–H groups in total. The Bertz CT molecular complexity index is 249. The number of hydrogen-bond donors (Lipinski definition) is 3. The Morgan fingerprint density at radius 3 is 2.62 bits per heavy atom. The highest BCUT2D eigenvalue weighted by molar-refractivity contribution is 7.80. The van der Waals surface area contributed by atoms with Crippen LogP contribution >= 0.6 is 12.6 Å². The predicted octanol–water partition coefficient (Wildman–Crippen LogP) is 1.34. The average Bonchev–Trinajstić information content (AvgIpc) is 3.12. The molecular weight excluding hydrogens is 220 g/mol. The van der Waals surface area contributed by atoms with Crippen molar-refractivity contribution in [1.82, 2.24) is 10.6 Å². The van der Waals surface area contributed by atoms with Gasteiger partial charge in [0, 0.05) is 19.0 Å². The molecular formula is C12H22N2OS. The third-order valence-corrected chi connectivity index (χ3v) is 4.18. The maximum absolute atomic E-state index is 11.6. The van der Waals surface area contributed by atoms with Gasteiger partial charge in [-0.3, -0.25) is 4.79 Å². The van der Waals surface area contributed by atoms with Gasteiger partial charge in [-0.25, -0.2) is 0 Å². The Balaban J connectivity index is 1.47. The zero-order chi connectivity index (χ0) is 11.4. The summed E-state index contributed by atoms with van der Waals surface area (Å²) in [7, 11) is 0. The van der Waals surface area contributed by atoms with E-state index in [9.17, 15) is 4.79 Å². The molecule has 0 aromatic heterocycles. The van der Waals surface area contributed by atoms with E-state index in [1.807, 2.05) is 0 Å². The molecule has 16 heavy (non-hydrogen) atoms. The fraction of sp³-hybridized carbons (Fsp3) is 0.917. The van der Waals surface area contributed by atoms with E-state index in [-0.39, 0.29) is 11.3 Å². The lowest BCUT2D eigenvalue weighted by Gasteiger charge is -2.11. The molecule has 0 bridgehead atoms. The Morgan fingerprint density at radius 1 is 1.31 bits per heavy atom. The number of thiol groups is 1. The third-order valence-electron chi connectivity index (χ3n) is 3.51. The van der Waals surface area contributed by atoms with Crippen LogP contribution in [0.3, 0.4) is 0 Å². The molecule has 0 radical (unpaired) electrons. The van der Waals surface area contributed by atoms with Gasteiger partial charge in [-0.1, -0.05) is 0 Å². The first-order valence-corrected chi connectivity index (χ1v) is 6.98. The number of rotatable bonds is 8. The van der Waals surface area contributed by atoms with E-state index in [1.54, 1.807) is 0 Å². The molecule has 0 spiro atoms. The minimum atomic E-state index is 0.206. The second kappa shape index (κ2) is 5.41. The van der Waals surface area contributed by atoms with E-state index in [1.165, 1.54) is 25.7 Å².